The van der Waals surface area contributed by atoms with E-state index in [4.69, 9.17) is 9.47 Å². The summed E-state index contributed by atoms with van der Waals surface area (Å²) in [6.07, 6.45) is 7.08. The lowest BCUT2D eigenvalue weighted by Crippen LogP contribution is -2.45. The Morgan fingerprint density at radius 3 is 2.76 bits per heavy atom. The molecule has 1 N–H and O–H groups in total. The number of aliphatic hydroxyl groups excluding tert-OH is 1. The van der Waals surface area contributed by atoms with Crippen LogP contribution in [0.2, 0.25) is 0 Å². The molecule has 0 aromatic carbocycles. The van der Waals surface area contributed by atoms with Crippen LogP contribution in [0.5, 0.6) is 0 Å². The van der Waals surface area contributed by atoms with Crippen molar-refractivity contribution in [1.29, 1.82) is 0 Å². The average Bonchev–Trinajstić information content (AvgIpc) is 2.67. The molecule has 29 heavy (non-hydrogen) atoms. The van der Waals surface area contributed by atoms with Gasteiger partial charge in [-0.15, -0.1) is 0 Å². The second-order valence-corrected chi connectivity index (χ2v) is 9.68. The molecule has 1 unspecified atom stereocenters. The maximum atomic E-state index is 12.7. The van der Waals surface area contributed by atoms with Gasteiger partial charge < -0.3 is 14.6 Å². The highest BCUT2D eigenvalue weighted by molar-refractivity contribution is 5.93. The Hall–Kier alpha value is -1.20. The molecule has 0 amide bonds. The summed E-state index contributed by atoms with van der Waals surface area (Å²) < 4.78 is 11.9. The van der Waals surface area contributed by atoms with E-state index in [1.807, 2.05) is 26.8 Å². The number of allylic oxidation sites excluding steroid dienone is 1. The van der Waals surface area contributed by atoms with Crippen molar-refractivity contribution in [2.75, 3.05) is 6.61 Å². The molecule has 0 aromatic rings. The molecule has 2 aliphatic carbocycles. The largest absolute Gasteiger partial charge is 0.462 e. The highest BCUT2D eigenvalue weighted by Gasteiger charge is 2.46. The number of carbonyl (C=O) groups excluding carboxylic acids is 2. The van der Waals surface area contributed by atoms with Crippen molar-refractivity contribution in [2.24, 2.45) is 29.6 Å². The normalized spacial score (nSPS) is 38.7. The van der Waals surface area contributed by atoms with Crippen LogP contribution in [-0.2, 0) is 19.1 Å². The zero-order valence-electron chi connectivity index (χ0n) is 18.4. The fourth-order valence-corrected chi connectivity index (χ4v) is 5.37. The predicted molar refractivity (Wildman–Crippen MR) is 111 cm³/mol. The first-order valence-electron chi connectivity index (χ1n) is 11.5. The maximum absolute atomic E-state index is 12.7. The quantitative estimate of drug-likeness (QED) is 0.673. The summed E-state index contributed by atoms with van der Waals surface area (Å²) in [7, 11) is 0. The molecule has 0 bridgehead atoms. The molecule has 0 spiro atoms. The van der Waals surface area contributed by atoms with E-state index in [2.05, 4.69) is 6.92 Å². The summed E-state index contributed by atoms with van der Waals surface area (Å²) in [5, 5.41) is 9.94. The number of hydrogen-bond donors (Lipinski definition) is 1. The topological polar surface area (TPSA) is 72.8 Å². The standard InChI is InChI=1S/C24H38O5/c1-5-15(3)24(27)29-22-11-14(2)10-17-12-21(26)16(4)20(23(17)22)7-6-19-13-18(25)8-9-28-19/h12,14-16,18-20,22-23,25H,5-11,13H2,1-4H3/t14-,15?,16+,18-,19-,20-,22+,23+/m1/s1. The molecular formula is C24H38O5. The molecule has 0 radical (unpaired) electrons. The highest BCUT2D eigenvalue weighted by Crippen LogP contribution is 2.47. The highest BCUT2D eigenvalue weighted by atomic mass is 16.5. The van der Waals surface area contributed by atoms with Crippen molar-refractivity contribution in [1.82, 2.24) is 0 Å². The Bertz CT molecular complexity index is 627. The SMILES string of the molecule is CCC(C)C(=O)O[C@H]1C[C@H](C)CC2=CC(=O)[C@@H](C)[C@@H](CC[C@@H]3C[C@H](O)CCO3)[C@H]21. The van der Waals surface area contributed by atoms with Crippen molar-refractivity contribution in [2.45, 2.75) is 91.0 Å². The fraction of sp³-hybridized carbons (Fsp3) is 0.833. The minimum Gasteiger partial charge on any atom is -0.462 e. The average molecular weight is 407 g/mol. The van der Waals surface area contributed by atoms with Gasteiger partial charge in [-0.25, -0.2) is 0 Å². The van der Waals surface area contributed by atoms with Crippen molar-refractivity contribution < 1.29 is 24.2 Å². The van der Waals surface area contributed by atoms with E-state index in [0.29, 0.717) is 25.4 Å². The summed E-state index contributed by atoms with van der Waals surface area (Å²) in [5.41, 5.74) is 1.17. The second kappa shape index (κ2) is 9.74. The van der Waals surface area contributed by atoms with Crippen LogP contribution >= 0.6 is 0 Å². The van der Waals surface area contributed by atoms with E-state index < -0.39 is 0 Å². The Balaban J connectivity index is 1.77. The van der Waals surface area contributed by atoms with Crippen LogP contribution in [0.4, 0.5) is 0 Å². The Morgan fingerprint density at radius 2 is 2.07 bits per heavy atom. The fourth-order valence-electron chi connectivity index (χ4n) is 5.37. The summed E-state index contributed by atoms with van der Waals surface area (Å²) in [6.45, 7) is 8.72. The van der Waals surface area contributed by atoms with Crippen LogP contribution in [0.1, 0.15) is 72.6 Å². The van der Waals surface area contributed by atoms with E-state index in [9.17, 15) is 14.7 Å². The van der Waals surface area contributed by atoms with Gasteiger partial charge in [0.25, 0.3) is 0 Å². The summed E-state index contributed by atoms with van der Waals surface area (Å²) in [6, 6.07) is 0. The zero-order valence-corrected chi connectivity index (χ0v) is 18.4. The van der Waals surface area contributed by atoms with Crippen LogP contribution < -0.4 is 0 Å². The van der Waals surface area contributed by atoms with Crippen LogP contribution in [0.25, 0.3) is 0 Å². The van der Waals surface area contributed by atoms with E-state index >= 15 is 0 Å². The van der Waals surface area contributed by atoms with Gasteiger partial charge in [0.05, 0.1) is 18.1 Å². The van der Waals surface area contributed by atoms with Gasteiger partial charge in [-0.3, -0.25) is 9.59 Å². The number of aliphatic hydroxyl groups is 1. The lowest BCUT2D eigenvalue weighted by Gasteiger charge is -2.45. The molecule has 0 aromatic heterocycles. The zero-order chi connectivity index (χ0) is 21.1. The number of esters is 1. The first-order valence-corrected chi connectivity index (χ1v) is 11.5. The molecule has 8 atom stereocenters. The summed E-state index contributed by atoms with van der Waals surface area (Å²) >= 11 is 0. The predicted octanol–water partition coefficient (Wildman–Crippen LogP) is 4.07. The maximum Gasteiger partial charge on any atom is 0.308 e. The molecular weight excluding hydrogens is 368 g/mol. The van der Waals surface area contributed by atoms with Crippen LogP contribution in [-0.4, -0.2) is 41.8 Å². The lowest BCUT2D eigenvalue weighted by atomic mass is 9.62. The van der Waals surface area contributed by atoms with Gasteiger partial charge in [-0.05, 0) is 62.9 Å². The van der Waals surface area contributed by atoms with E-state index in [1.54, 1.807) is 0 Å². The van der Waals surface area contributed by atoms with E-state index in [-0.39, 0.29) is 53.7 Å². The lowest BCUT2D eigenvalue weighted by molar-refractivity contribution is -0.160. The van der Waals surface area contributed by atoms with Crippen molar-refractivity contribution in [3.8, 4) is 0 Å². The van der Waals surface area contributed by atoms with Crippen LogP contribution in [0, 0.1) is 29.6 Å². The Kier molecular flexibility index (Phi) is 7.55. The summed E-state index contributed by atoms with van der Waals surface area (Å²) in [5.74, 6) is 0.604. The van der Waals surface area contributed by atoms with Gasteiger partial charge in [0.2, 0.25) is 0 Å². The molecule has 1 aliphatic heterocycles. The van der Waals surface area contributed by atoms with E-state index in [1.165, 1.54) is 5.57 Å². The Morgan fingerprint density at radius 1 is 1.31 bits per heavy atom. The smallest absolute Gasteiger partial charge is 0.308 e. The minimum atomic E-state index is -0.283. The third-order valence-corrected chi connectivity index (χ3v) is 7.37. The van der Waals surface area contributed by atoms with Gasteiger partial charge >= 0.3 is 5.97 Å². The molecule has 3 rings (SSSR count). The van der Waals surface area contributed by atoms with Gasteiger partial charge in [0, 0.05) is 18.4 Å². The minimum absolute atomic E-state index is 0.0547. The number of carbonyl (C=O) groups is 2. The molecule has 1 saturated heterocycles. The van der Waals surface area contributed by atoms with Gasteiger partial charge in [-0.1, -0.05) is 33.3 Å². The summed E-state index contributed by atoms with van der Waals surface area (Å²) in [4.78, 5) is 25.3. The van der Waals surface area contributed by atoms with Crippen LogP contribution in [0.3, 0.4) is 0 Å². The first kappa shape index (κ1) is 22.5. The molecule has 2 fully saturated rings. The van der Waals surface area contributed by atoms with E-state index in [0.717, 1.165) is 32.1 Å². The van der Waals surface area contributed by atoms with Crippen LogP contribution in [0.15, 0.2) is 11.6 Å². The second-order valence-electron chi connectivity index (χ2n) is 9.68. The monoisotopic (exact) mass is 406 g/mol. The number of hydrogen-bond acceptors (Lipinski definition) is 5. The molecule has 1 heterocycles. The van der Waals surface area contributed by atoms with Crippen molar-refractivity contribution >= 4 is 11.8 Å². The number of fused-ring (bicyclic) bond motifs is 1. The molecule has 5 nitrogen and oxygen atoms in total. The third kappa shape index (κ3) is 5.29. The molecule has 3 aliphatic rings. The van der Waals surface area contributed by atoms with Crippen molar-refractivity contribution in [3.63, 3.8) is 0 Å². The number of rotatable bonds is 6. The van der Waals surface area contributed by atoms with Gasteiger partial charge in [0.1, 0.15) is 6.10 Å². The first-order chi connectivity index (χ1) is 13.8. The molecule has 164 valence electrons. The third-order valence-electron chi connectivity index (χ3n) is 7.37. The number of ketones is 1. The molecule has 1 saturated carbocycles. The van der Waals surface area contributed by atoms with Gasteiger partial charge in [-0.2, -0.15) is 0 Å². The van der Waals surface area contributed by atoms with Crippen molar-refractivity contribution in [3.05, 3.63) is 11.6 Å². The Labute approximate surface area is 175 Å². The molecule has 5 heteroatoms. The number of ether oxygens (including phenoxy) is 2. The van der Waals surface area contributed by atoms with Gasteiger partial charge in [0.15, 0.2) is 5.78 Å².